The first-order valence-electron chi connectivity index (χ1n) is 5.80. The lowest BCUT2D eigenvalue weighted by atomic mass is 10.3. The summed E-state index contributed by atoms with van der Waals surface area (Å²) in [4.78, 5) is 23.8. The minimum absolute atomic E-state index is 0.0872. The summed E-state index contributed by atoms with van der Waals surface area (Å²) < 4.78 is 39.3. The maximum atomic E-state index is 14.2. The molecule has 0 radical (unpaired) electrons. The Labute approximate surface area is 143 Å². The van der Waals surface area contributed by atoms with E-state index in [2.05, 4.69) is 0 Å². The van der Waals surface area contributed by atoms with Gasteiger partial charge in [-0.15, -0.1) is 0 Å². The van der Waals surface area contributed by atoms with Crippen LogP contribution < -0.4 is 11.4 Å². The molecule has 0 aliphatic carbocycles. The van der Waals surface area contributed by atoms with Gasteiger partial charge in [0.25, 0.3) is 9.05 Å². The lowest BCUT2D eigenvalue weighted by molar-refractivity contribution is 0.568. The average molecular weight is 400 g/mol. The van der Waals surface area contributed by atoms with Gasteiger partial charge in [-0.25, -0.2) is 27.0 Å². The molecule has 0 saturated heterocycles. The van der Waals surface area contributed by atoms with Crippen LogP contribution in [0.25, 0.3) is 5.69 Å². The molecule has 0 aliphatic heterocycles. The second kappa shape index (κ2) is 5.86. The van der Waals surface area contributed by atoms with Crippen molar-refractivity contribution in [1.82, 2.24) is 13.7 Å². The van der Waals surface area contributed by atoms with Gasteiger partial charge in [0.1, 0.15) is 10.7 Å². The van der Waals surface area contributed by atoms with Crippen LogP contribution in [0.5, 0.6) is 0 Å². The van der Waals surface area contributed by atoms with Gasteiger partial charge in [-0.1, -0.05) is 11.6 Å². The molecule has 0 amide bonds. The number of rotatable bonds is 2. The highest BCUT2D eigenvalue weighted by molar-refractivity contribution is 8.13. The maximum Gasteiger partial charge on any atom is 0.338 e. The molecule has 0 aliphatic rings. The fourth-order valence-electron chi connectivity index (χ4n) is 1.85. The molecule has 0 saturated carbocycles. The van der Waals surface area contributed by atoms with Gasteiger partial charge in [-0.05, 0) is 24.4 Å². The van der Waals surface area contributed by atoms with Gasteiger partial charge >= 0.3 is 11.4 Å². The van der Waals surface area contributed by atoms with Crippen molar-refractivity contribution in [2.75, 3.05) is 0 Å². The molecule has 1 heterocycles. The molecule has 0 unspecified atom stereocenters. The summed E-state index contributed by atoms with van der Waals surface area (Å²) >= 11 is 10.5. The topological polar surface area (TPSA) is 83.1 Å². The molecule has 7 nitrogen and oxygen atoms in total. The fourth-order valence-corrected chi connectivity index (χ4v) is 3.51. The van der Waals surface area contributed by atoms with Gasteiger partial charge in [0.2, 0.25) is 0 Å². The monoisotopic (exact) mass is 399 g/mol. The second-order valence-electron chi connectivity index (χ2n) is 4.47. The molecular formula is C11H8Cl2FN3O4S2. The van der Waals surface area contributed by atoms with Gasteiger partial charge in [0.05, 0.1) is 10.7 Å². The van der Waals surface area contributed by atoms with Crippen LogP contribution in [0, 0.1) is 10.6 Å². The minimum atomic E-state index is -4.31. The third kappa shape index (κ3) is 2.99. The molecule has 2 aromatic rings. The highest BCUT2D eigenvalue weighted by atomic mass is 35.7. The Morgan fingerprint density at radius 3 is 2.04 bits per heavy atom. The fraction of sp³-hybridized carbons (Fsp3) is 0.182. The summed E-state index contributed by atoms with van der Waals surface area (Å²) in [5.41, 5.74) is -2.50. The largest absolute Gasteiger partial charge is 0.338 e. The molecule has 1 aromatic carbocycles. The van der Waals surface area contributed by atoms with Crippen molar-refractivity contribution in [3.8, 4) is 5.69 Å². The van der Waals surface area contributed by atoms with Crippen LogP contribution in [-0.4, -0.2) is 22.1 Å². The summed E-state index contributed by atoms with van der Waals surface area (Å²) in [5, 5.41) is -0.476. The Balaban J connectivity index is 3.04. The van der Waals surface area contributed by atoms with Crippen molar-refractivity contribution in [1.29, 1.82) is 0 Å². The van der Waals surface area contributed by atoms with E-state index in [4.69, 9.17) is 34.5 Å². The summed E-state index contributed by atoms with van der Waals surface area (Å²) in [6, 6.07) is 1.37. The van der Waals surface area contributed by atoms with Crippen LogP contribution >= 0.6 is 34.5 Å². The molecule has 0 spiro atoms. The molecule has 2 rings (SSSR count). The van der Waals surface area contributed by atoms with Crippen LogP contribution in [0.3, 0.4) is 0 Å². The average Bonchev–Trinajstić information content (AvgIpc) is 2.44. The number of nitrogens with zero attached hydrogens (tertiary/aromatic N) is 3. The molecule has 0 N–H and O–H groups in total. The van der Waals surface area contributed by atoms with E-state index < -0.39 is 41.9 Å². The zero-order chi connectivity index (χ0) is 17.7. The molecular weight excluding hydrogens is 392 g/mol. The zero-order valence-electron chi connectivity index (χ0n) is 11.6. The van der Waals surface area contributed by atoms with Crippen LogP contribution in [0.15, 0.2) is 26.6 Å². The highest BCUT2D eigenvalue weighted by Gasteiger charge is 2.22. The summed E-state index contributed by atoms with van der Waals surface area (Å²) in [6.07, 6.45) is 0. The summed E-state index contributed by atoms with van der Waals surface area (Å²) in [6.45, 7) is 0. The summed E-state index contributed by atoms with van der Waals surface area (Å²) in [7, 11) is 3.47. The van der Waals surface area contributed by atoms with Gasteiger partial charge < -0.3 is 0 Å². The Hall–Kier alpha value is -1.49. The van der Waals surface area contributed by atoms with Crippen molar-refractivity contribution < 1.29 is 12.8 Å². The molecule has 1 aromatic heterocycles. The van der Waals surface area contributed by atoms with Crippen molar-refractivity contribution in [2.45, 2.75) is 4.90 Å². The minimum Gasteiger partial charge on any atom is -0.273 e. The highest BCUT2D eigenvalue weighted by Crippen LogP contribution is 2.28. The maximum absolute atomic E-state index is 14.2. The smallest absolute Gasteiger partial charge is 0.273 e. The summed E-state index contributed by atoms with van der Waals surface area (Å²) in [5.74, 6) is -1.07. The van der Waals surface area contributed by atoms with Crippen LogP contribution in [-0.2, 0) is 23.1 Å². The number of halogens is 3. The van der Waals surface area contributed by atoms with E-state index >= 15 is 0 Å². The predicted molar refractivity (Wildman–Crippen MR) is 85.1 cm³/mol. The molecule has 0 fully saturated rings. The second-order valence-corrected chi connectivity index (χ2v) is 7.78. The quantitative estimate of drug-likeness (QED) is 0.561. The first-order valence-corrected chi connectivity index (χ1v) is 8.89. The molecule has 12 heteroatoms. The molecule has 0 bridgehead atoms. The lowest BCUT2D eigenvalue weighted by Crippen LogP contribution is -2.43. The molecule has 23 heavy (non-hydrogen) atoms. The van der Waals surface area contributed by atoms with Crippen molar-refractivity contribution in [3.05, 3.63) is 48.7 Å². The lowest BCUT2D eigenvalue weighted by Gasteiger charge is -2.12. The van der Waals surface area contributed by atoms with Crippen molar-refractivity contribution in [3.63, 3.8) is 0 Å². The van der Waals surface area contributed by atoms with Crippen LogP contribution in [0.1, 0.15) is 0 Å². The normalized spacial score (nSPS) is 11.7. The van der Waals surface area contributed by atoms with E-state index in [1.807, 2.05) is 0 Å². The number of hydrogen-bond acceptors (Lipinski definition) is 5. The van der Waals surface area contributed by atoms with Crippen molar-refractivity contribution >= 4 is 43.6 Å². The van der Waals surface area contributed by atoms with E-state index in [9.17, 15) is 22.4 Å². The Bertz CT molecular complexity index is 1060. The van der Waals surface area contributed by atoms with Crippen LogP contribution in [0.4, 0.5) is 4.39 Å². The van der Waals surface area contributed by atoms with Gasteiger partial charge in [-0.2, -0.15) is 0 Å². The van der Waals surface area contributed by atoms with Gasteiger partial charge in [-0.3, -0.25) is 9.13 Å². The van der Waals surface area contributed by atoms with Crippen molar-refractivity contribution in [2.24, 2.45) is 14.1 Å². The van der Waals surface area contributed by atoms with Gasteiger partial charge in [0.15, 0.2) is 4.77 Å². The first-order chi connectivity index (χ1) is 10.5. The Morgan fingerprint density at radius 1 is 1.13 bits per heavy atom. The van der Waals surface area contributed by atoms with E-state index in [-0.39, 0.29) is 4.77 Å². The number of hydrogen-bond donors (Lipinski definition) is 0. The van der Waals surface area contributed by atoms with E-state index in [0.29, 0.717) is 16.7 Å². The SMILES string of the molecule is Cn1c(=S)n(C)c(=O)n(-c2cc(S(=O)(=O)Cl)c(Cl)cc2F)c1=O. The Kier molecular flexibility index (Phi) is 4.55. The number of aromatic nitrogens is 3. The van der Waals surface area contributed by atoms with E-state index in [1.165, 1.54) is 14.1 Å². The third-order valence-corrected chi connectivity index (χ3v) is 5.37. The Morgan fingerprint density at radius 2 is 1.61 bits per heavy atom. The van der Waals surface area contributed by atoms with Crippen LogP contribution in [0.2, 0.25) is 5.02 Å². The predicted octanol–water partition coefficient (Wildman–Crippen LogP) is 1.32. The third-order valence-electron chi connectivity index (χ3n) is 3.04. The first kappa shape index (κ1) is 17.9. The zero-order valence-corrected chi connectivity index (χ0v) is 14.7. The molecule has 0 atom stereocenters. The number of benzene rings is 1. The van der Waals surface area contributed by atoms with E-state index in [1.54, 1.807) is 0 Å². The van der Waals surface area contributed by atoms with E-state index in [0.717, 1.165) is 9.13 Å². The van der Waals surface area contributed by atoms with Gasteiger partial charge in [0, 0.05) is 24.8 Å². The molecule has 124 valence electrons. The standard InChI is InChI=1S/C11H8Cl2FN3O4S2/c1-15-9(18)17(10(19)16(2)11(15)22)7-4-8(23(13,20)21)5(12)3-6(7)14/h3-4H,1-2H3.